The average Bonchev–Trinajstić information content (AvgIpc) is 2.26. The summed E-state index contributed by atoms with van der Waals surface area (Å²) in [6.07, 6.45) is 12.9. The molecule has 0 amide bonds. The van der Waals surface area contributed by atoms with E-state index in [1.165, 1.54) is 64.3 Å². The maximum Gasteiger partial charge on any atom is 0.00672 e. The van der Waals surface area contributed by atoms with Gasteiger partial charge in [-0.05, 0) is 31.7 Å². The molecule has 0 saturated carbocycles. The highest BCUT2D eigenvalue weighted by Crippen LogP contribution is 2.18. The Kier molecular flexibility index (Phi) is 7.08. The first-order chi connectivity index (χ1) is 7.33. The Balaban J connectivity index is 1.87. The molecule has 1 aliphatic heterocycles. The lowest BCUT2D eigenvalue weighted by molar-refractivity contribution is 0.309. The van der Waals surface area contributed by atoms with Crippen molar-refractivity contribution in [3.05, 3.63) is 0 Å². The molecule has 0 bridgehead atoms. The zero-order chi connectivity index (χ0) is 10.9. The fourth-order valence-electron chi connectivity index (χ4n) is 2.48. The fourth-order valence-corrected chi connectivity index (χ4v) is 2.48. The number of rotatable bonds is 7. The van der Waals surface area contributed by atoms with Crippen LogP contribution in [0.4, 0.5) is 0 Å². The van der Waals surface area contributed by atoms with Gasteiger partial charge in [-0.15, -0.1) is 0 Å². The van der Waals surface area contributed by atoms with Gasteiger partial charge >= 0.3 is 0 Å². The van der Waals surface area contributed by atoms with Crippen LogP contribution in [0.3, 0.4) is 0 Å². The van der Waals surface area contributed by atoms with Crippen molar-refractivity contribution in [1.82, 2.24) is 5.32 Å². The van der Waals surface area contributed by atoms with Gasteiger partial charge in [0.25, 0.3) is 0 Å². The molecule has 0 spiro atoms. The Bertz CT molecular complexity index is 136. The van der Waals surface area contributed by atoms with Crippen LogP contribution >= 0.6 is 0 Å². The molecule has 1 heteroatoms. The van der Waals surface area contributed by atoms with E-state index < -0.39 is 0 Å². The molecule has 2 atom stereocenters. The van der Waals surface area contributed by atoms with Gasteiger partial charge in [0.05, 0.1) is 0 Å². The van der Waals surface area contributed by atoms with Crippen molar-refractivity contribution >= 4 is 0 Å². The molecule has 0 radical (unpaired) electrons. The molecule has 1 rings (SSSR count). The molecule has 0 aromatic carbocycles. The largest absolute Gasteiger partial charge is 0.314 e. The summed E-state index contributed by atoms with van der Waals surface area (Å²) in [5.74, 6) is 0.908. The Morgan fingerprint density at radius 3 is 2.40 bits per heavy atom. The van der Waals surface area contributed by atoms with Gasteiger partial charge in [0, 0.05) is 6.04 Å². The summed E-state index contributed by atoms with van der Waals surface area (Å²) in [5.41, 5.74) is 0. The number of unbranched alkanes of at least 4 members (excludes halogenated alkanes) is 5. The van der Waals surface area contributed by atoms with E-state index in [-0.39, 0.29) is 0 Å². The lowest BCUT2D eigenvalue weighted by Gasteiger charge is -2.27. The lowest BCUT2D eigenvalue weighted by atomic mass is 9.93. The first-order valence-electron chi connectivity index (χ1n) is 7.06. The second-order valence-electron chi connectivity index (χ2n) is 5.34. The quantitative estimate of drug-likeness (QED) is 0.624. The third-order valence-corrected chi connectivity index (χ3v) is 3.67. The van der Waals surface area contributed by atoms with Crippen molar-refractivity contribution in [3.8, 4) is 0 Å². The summed E-state index contributed by atoms with van der Waals surface area (Å²) >= 11 is 0. The molecule has 1 fully saturated rings. The van der Waals surface area contributed by atoms with E-state index in [4.69, 9.17) is 0 Å². The molecule has 1 aliphatic rings. The summed E-state index contributed by atoms with van der Waals surface area (Å²) in [5, 5.41) is 3.67. The van der Waals surface area contributed by atoms with Crippen LogP contribution in [0.15, 0.2) is 0 Å². The third kappa shape index (κ3) is 6.19. The van der Waals surface area contributed by atoms with Crippen LogP contribution in [0.25, 0.3) is 0 Å². The lowest BCUT2D eigenvalue weighted by Crippen LogP contribution is -2.37. The Morgan fingerprint density at radius 1 is 1.00 bits per heavy atom. The van der Waals surface area contributed by atoms with Crippen LogP contribution < -0.4 is 5.32 Å². The maximum absolute atomic E-state index is 3.67. The zero-order valence-electron chi connectivity index (χ0n) is 10.7. The van der Waals surface area contributed by atoms with Crippen LogP contribution in [0.5, 0.6) is 0 Å². The van der Waals surface area contributed by atoms with Crippen molar-refractivity contribution in [2.75, 3.05) is 6.54 Å². The molecule has 15 heavy (non-hydrogen) atoms. The van der Waals surface area contributed by atoms with E-state index in [9.17, 15) is 0 Å². The number of piperidine rings is 1. The van der Waals surface area contributed by atoms with Crippen LogP contribution in [-0.4, -0.2) is 12.6 Å². The van der Waals surface area contributed by atoms with Gasteiger partial charge < -0.3 is 5.32 Å². The molecular weight excluding hydrogens is 182 g/mol. The minimum Gasteiger partial charge on any atom is -0.314 e. The van der Waals surface area contributed by atoms with Crippen molar-refractivity contribution in [2.45, 2.75) is 77.7 Å². The monoisotopic (exact) mass is 211 g/mol. The van der Waals surface area contributed by atoms with Crippen LogP contribution in [0, 0.1) is 5.92 Å². The maximum atomic E-state index is 3.67. The van der Waals surface area contributed by atoms with Gasteiger partial charge in [-0.25, -0.2) is 0 Å². The van der Waals surface area contributed by atoms with Gasteiger partial charge in [-0.1, -0.05) is 52.4 Å². The van der Waals surface area contributed by atoms with E-state index in [0.29, 0.717) is 0 Å². The van der Waals surface area contributed by atoms with E-state index in [2.05, 4.69) is 19.2 Å². The highest BCUT2D eigenvalue weighted by molar-refractivity contribution is 4.75. The van der Waals surface area contributed by atoms with E-state index in [1.54, 1.807) is 0 Å². The van der Waals surface area contributed by atoms with Crippen molar-refractivity contribution in [1.29, 1.82) is 0 Å². The molecule has 1 heterocycles. The SMILES string of the molecule is CCCCCCCCC1CCC(C)CN1. The van der Waals surface area contributed by atoms with Gasteiger partial charge in [0.1, 0.15) is 0 Å². The van der Waals surface area contributed by atoms with Crippen molar-refractivity contribution in [3.63, 3.8) is 0 Å². The van der Waals surface area contributed by atoms with Crippen molar-refractivity contribution in [2.24, 2.45) is 5.92 Å². The van der Waals surface area contributed by atoms with Gasteiger partial charge in [-0.2, -0.15) is 0 Å². The fraction of sp³-hybridized carbons (Fsp3) is 1.00. The molecule has 0 aromatic rings. The van der Waals surface area contributed by atoms with Crippen molar-refractivity contribution < 1.29 is 0 Å². The predicted molar refractivity (Wildman–Crippen MR) is 68.2 cm³/mol. The molecule has 1 N–H and O–H groups in total. The smallest absolute Gasteiger partial charge is 0.00672 e. The van der Waals surface area contributed by atoms with Crippen LogP contribution in [0.1, 0.15) is 71.6 Å². The van der Waals surface area contributed by atoms with Gasteiger partial charge in [-0.3, -0.25) is 0 Å². The molecule has 0 aromatic heterocycles. The normalized spacial score (nSPS) is 26.8. The summed E-state index contributed by atoms with van der Waals surface area (Å²) in [6.45, 7) is 5.89. The summed E-state index contributed by atoms with van der Waals surface area (Å²) in [4.78, 5) is 0. The first kappa shape index (κ1) is 13.0. The Hall–Kier alpha value is -0.0400. The minimum absolute atomic E-state index is 0.840. The van der Waals surface area contributed by atoms with E-state index in [1.807, 2.05) is 0 Å². The Morgan fingerprint density at radius 2 is 1.73 bits per heavy atom. The summed E-state index contributed by atoms with van der Waals surface area (Å²) < 4.78 is 0. The number of hydrogen-bond acceptors (Lipinski definition) is 1. The second kappa shape index (κ2) is 8.15. The van der Waals surface area contributed by atoms with Crippen LogP contribution in [-0.2, 0) is 0 Å². The highest BCUT2D eigenvalue weighted by atomic mass is 14.9. The van der Waals surface area contributed by atoms with E-state index in [0.717, 1.165) is 12.0 Å². The summed E-state index contributed by atoms with van der Waals surface area (Å²) in [7, 11) is 0. The second-order valence-corrected chi connectivity index (χ2v) is 5.34. The van der Waals surface area contributed by atoms with Gasteiger partial charge in [0.15, 0.2) is 0 Å². The Labute approximate surface area is 96.0 Å². The molecule has 1 nitrogen and oxygen atoms in total. The molecule has 2 unspecified atom stereocenters. The third-order valence-electron chi connectivity index (χ3n) is 3.67. The average molecular weight is 211 g/mol. The first-order valence-corrected chi connectivity index (χ1v) is 7.06. The molecule has 0 aliphatic carbocycles. The molecule has 1 saturated heterocycles. The predicted octanol–water partition coefficient (Wildman–Crippen LogP) is 4.13. The standard InChI is InChI=1S/C14H29N/c1-3-4-5-6-7-8-9-14-11-10-13(2)12-15-14/h13-15H,3-12H2,1-2H3. The zero-order valence-corrected chi connectivity index (χ0v) is 10.7. The minimum atomic E-state index is 0.840. The van der Waals surface area contributed by atoms with Crippen LogP contribution in [0.2, 0.25) is 0 Å². The molecular formula is C14H29N. The van der Waals surface area contributed by atoms with E-state index >= 15 is 0 Å². The van der Waals surface area contributed by atoms with Gasteiger partial charge in [0.2, 0.25) is 0 Å². The highest BCUT2D eigenvalue weighted by Gasteiger charge is 2.16. The summed E-state index contributed by atoms with van der Waals surface area (Å²) in [6, 6.07) is 0.840. The molecule has 90 valence electrons. The number of hydrogen-bond donors (Lipinski definition) is 1. The number of nitrogens with one attached hydrogen (secondary N) is 1. The topological polar surface area (TPSA) is 12.0 Å².